The minimum Gasteiger partial charge on any atom is -0.256 e. The van der Waals surface area contributed by atoms with Gasteiger partial charge in [0.15, 0.2) is 0 Å². The van der Waals surface area contributed by atoms with Crippen LogP contribution in [0, 0.1) is 23.7 Å². The third-order valence-corrected chi connectivity index (χ3v) is 10.5. The van der Waals surface area contributed by atoms with Crippen molar-refractivity contribution in [1.29, 1.82) is 0 Å². The van der Waals surface area contributed by atoms with Gasteiger partial charge in [-0.3, -0.25) is 4.98 Å². The second-order valence-corrected chi connectivity index (χ2v) is 12.0. The highest BCUT2D eigenvalue weighted by atomic mass is 14.7. The Morgan fingerprint density at radius 1 is 0.583 bits per heavy atom. The normalized spacial score (nSPS) is 29.2. The largest absolute Gasteiger partial charge is 0.256 e. The number of benzene rings is 4. The zero-order valence-corrected chi connectivity index (χ0v) is 20.5. The molecule has 0 N–H and O–H groups in total. The van der Waals surface area contributed by atoms with E-state index in [-0.39, 0.29) is 5.41 Å². The molecule has 10 rings (SSSR count). The second kappa shape index (κ2) is 6.85. The maximum absolute atomic E-state index is 4.87. The maximum Gasteiger partial charge on any atom is 0.0780 e. The second-order valence-electron chi connectivity index (χ2n) is 12.0. The molecule has 0 radical (unpaired) electrons. The molecule has 36 heavy (non-hydrogen) atoms. The van der Waals surface area contributed by atoms with Crippen molar-refractivity contribution < 1.29 is 0 Å². The number of hydrogen-bond donors (Lipinski definition) is 0. The fourth-order valence-corrected chi connectivity index (χ4v) is 9.57. The van der Waals surface area contributed by atoms with Gasteiger partial charge in [0.25, 0.3) is 0 Å². The molecule has 5 aliphatic carbocycles. The van der Waals surface area contributed by atoms with Gasteiger partial charge in [0, 0.05) is 22.6 Å². The zero-order valence-electron chi connectivity index (χ0n) is 20.5. The first-order valence-electron chi connectivity index (χ1n) is 13.8. The van der Waals surface area contributed by atoms with Gasteiger partial charge in [0.2, 0.25) is 0 Å². The lowest BCUT2D eigenvalue weighted by Gasteiger charge is -2.61. The predicted octanol–water partition coefficient (Wildman–Crippen LogP) is 8.78. The monoisotopic (exact) mass is 463 g/mol. The van der Waals surface area contributed by atoms with Crippen molar-refractivity contribution in [2.45, 2.75) is 37.5 Å². The highest BCUT2D eigenvalue weighted by Gasteiger charge is 2.62. The first-order valence-corrected chi connectivity index (χ1v) is 13.8. The lowest BCUT2D eigenvalue weighted by Crippen LogP contribution is -2.55. The predicted molar refractivity (Wildman–Crippen MR) is 148 cm³/mol. The van der Waals surface area contributed by atoms with E-state index in [1.165, 1.54) is 70.5 Å². The Balaban J connectivity index is 1.42. The fourth-order valence-electron chi connectivity index (χ4n) is 9.57. The molecule has 0 unspecified atom stereocenters. The molecule has 1 spiro atoms. The standard InChI is InChI=1S/C35H29N/c1-2-9-27-23(6-1)13-14-30-32-28(29-11-3-7-24-8-5-15-36-34(24)29)10-4-12-31(32)35(33(27)30)25-17-21-16-22(19-25)20-26(35)18-21/h1-15,21-22,25-26H,16-20H2. The van der Waals surface area contributed by atoms with E-state index in [1.54, 1.807) is 11.1 Å². The van der Waals surface area contributed by atoms with Crippen LogP contribution in [-0.2, 0) is 5.41 Å². The number of aromatic nitrogens is 1. The molecule has 0 amide bonds. The van der Waals surface area contributed by atoms with Crippen molar-refractivity contribution in [3.63, 3.8) is 0 Å². The van der Waals surface area contributed by atoms with Crippen molar-refractivity contribution in [2.24, 2.45) is 23.7 Å². The Morgan fingerprint density at radius 2 is 1.31 bits per heavy atom. The summed E-state index contributed by atoms with van der Waals surface area (Å²) >= 11 is 0. The third-order valence-electron chi connectivity index (χ3n) is 10.5. The number of para-hydroxylation sites is 1. The molecule has 0 aliphatic heterocycles. The third kappa shape index (κ3) is 2.31. The summed E-state index contributed by atoms with van der Waals surface area (Å²) < 4.78 is 0. The summed E-state index contributed by atoms with van der Waals surface area (Å²) in [6.45, 7) is 0. The summed E-state index contributed by atoms with van der Waals surface area (Å²) in [6.07, 6.45) is 9.07. The Hall–Kier alpha value is -3.45. The molecule has 174 valence electrons. The summed E-state index contributed by atoms with van der Waals surface area (Å²) in [6, 6.07) is 32.1. The SMILES string of the molecule is c1cc(-c2cccc3cccnc23)c2c(c1)C1(c3c-2ccc2ccccc32)C2CC3CC(C2)CC1C3. The van der Waals surface area contributed by atoms with E-state index in [4.69, 9.17) is 4.98 Å². The van der Waals surface area contributed by atoms with Crippen LogP contribution in [-0.4, -0.2) is 4.98 Å². The van der Waals surface area contributed by atoms with Crippen LogP contribution in [0.3, 0.4) is 0 Å². The van der Waals surface area contributed by atoms with Crippen LogP contribution in [0.4, 0.5) is 0 Å². The Labute approximate surface area is 212 Å². The number of rotatable bonds is 1. The maximum atomic E-state index is 4.87. The lowest BCUT2D eigenvalue weighted by molar-refractivity contribution is -0.0393. The van der Waals surface area contributed by atoms with E-state index in [0.29, 0.717) is 0 Å². The number of fused-ring (bicyclic) bond motifs is 6. The van der Waals surface area contributed by atoms with Crippen LogP contribution >= 0.6 is 0 Å². The quantitative estimate of drug-likeness (QED) is 0.242. The van der Waals surface area contributed by atoms with Crippen LogP contribution in [0.1, 0.15) is 43.2 Å². The molecule has 4 aromatic carbocycles. The molecular weight excluding hydrogens is 434 g/mol. The topological polar surface area (TPSA) is 12.9 Å². The van der Waals surface area contributed by atoms with Crippen molar-refractivity contribution in [1.82, 2.24) is 4.98 Å². The van der Waals surface area contributed by atoms with Gasteiger partial charge in [-0.15, -0.1) is 0 Å². The van der Waals surface area contributed by atoms with E-state index >= 15 is 0 Å². The highest BCUT2D eigenvalue weighted by Crippen LogP contribution is 2.70. The van der Waals surface area contributed by atoms with Crippen LogP contribution in [0.5, 0.6) is 0 Å². The molecule has 4 fully saturated rings. The van der Waals surface area contributed by atoms with Crippen LogP contribution < -0.4 is 0 Å². The molecule has 4 saturated carbocycles. The van der Waals surface area contributed by atoms with Crippen molar-refractivity contribution in [3.8, 4) is 22.3 Å². The van der Waals surface area contributed by atoms with Gasteiger partial charge in [-0.1, -0.05) is 78.9 Å². The fraction of sp³-hybridized carbons (Fsp3) is 0.286. The van der Waals surface area contributed by atoms with E-state index < -0.39 is 0 Å². The first kappa shape index (κ1) is 19.7. The number of nitrogens with zero attached hydrogens (tertiary/aromatic N) is 1. The summed E-state index contributed by atoms with van der Waals surface area (Å²) in [7, 11) is 0. The highest BCUT2D eigenvalue weighted by molar-refractivity contribution is 6.05. The Morgan fingerprint density at radius 3 is 2.17 bits per heavy atom. The summed E-state index contributed by atoms with van der Waals surface area (Å²) in [5.41, 5.74) is 10.2. The van der Waals surface area contributed by atoms with E-state index in [1.807, 2.05) is 12.3 Å². The van der Waals surface area contributed by atoms with Gasteiger partial charge in [-0.2, -0.15) is 0 Å². The van der Waals surface area contributed by atoms with Crippen LogP contribution in [0.15, 0.2) is 91.1 Å². The van der Waals surface area contributed by atoms with Crippen LogP contribution in [0.2, 0.25) is 0 Å². The first-order chi connectivity index (χ1) is 17.8. The van der Waals surface area contributed by atoms with Gasteiger partial charge in [-0.25, -0.2) is 0 Å². The van der Waals surface area contributed by atoms with Gasteiger partial charge >= 0.3 is 0 Å². The van der Waals surface area contributed by atoms with Crippen molar-refractivity contribution >= 4 is 21.7 Å². The summed E-state index contributed by atoms with van der Waals surface area (Å²) in [4.78, 5) is 4.87. The molecule has 5 aliphatic rings. The molecule has 4 bridgehead atoms. The average Bonchev–Trinajstić information content (AvgIpc) is 3.23. The molecule has 5 aromatic rings. The lowest BCUT2D eigenvalue weighted by atomic mass is 9.43. The molecule has 1 heterocycles. The summed E-state index contributed by atoms with van der Waals surface area (Å²) in [5, 5.41) is 4.10. The smallest absolute Gasteiger partial charge is 0.0780 e. The molecular formula is C35H29N. The van der Waals surface area contributed by atoms with Crippen molar-refractivity contribution in [3.05, 3.63) is 102 Å². The Kier molecular flexibility index (Phi) is 3.75. The van der Waals surface area contributed by atoms with Crippen LogP contribution in [0.25, 0.3) is 43.9 Å². The molecule has 0 atom stereocenters. The molecule has 1 aromatic heterocycles. The van der Waals surface area contributed by atoms with Gasteiger partial charge in [0.1, 0.15) is 0 Å². The molecule has 0 saturated heterocycles. The number of hydrogen-bond acceptors (Lipinski definition) is 1. The Bertz CT molecular complexity index is 1680. The minimum absolute atomic E-state index is 0.160. The molecule has 1 nitrogen and oxygen atoms in total. The van der Waals surface area contributed by atoms with E-state index in [0.717, 1.165) is 29.2 Å². The average molecular weight is 464 g/mol. The van der Waals surface area contributed by atoms with Crippen molar-refractivity contribution in [2.75, 3.05) is 0 Å². The zero-order chi connectivity index (χ0) is 23.4. The summed E-state index contributed by atoms with van der Waals surface area (Å²) in [5.74, 6) is 3.43. The minimum atomic E-state index is 0.160. The van der Waals surface area contributed by atoms with E-state index in [9.17, 15) is 0 Å². The van der Waals surface area contributed by atoms with Gasteiger partial charge in [-0.05, 0) is 100 Å². The van der Waals surface area contributed by atoms with E-state index in [2.05, 4.69) is 78.9 Å². The van der Waals surface area contributed by atoms with Gasteiger partial charge < -0.3 is 0 Å². The number of pyridine rings is 1. The molecule has 1 heteroatoms. The van der Waals surface area contributed by atoms with Gasteiger partial charge in [0.05, 0.1) is 5.52 Å².